The molecule has 2 rings (SSSR count). The zero-order valence-corrected chi connectivity index (χ0v) is 10.3. The SMILES string of the molecule is CC(=O)Nc1cccc(NC(=O)CC2CNC2)c1. The number of amides is 2. The minimum absolute atomic E-state index is 0.0153. The summed E-state index contributed by atoms with van der Waals surface area (Å²) < 4.78 is 0. The van der Waals surface area contributed by atoms with Gasteiger partial charge in [0.1, 0.15) is 0 Å². The van der Waals surface area contributed by atoms with Gasteiger partial charge in [0, 0.05) is 24.7 Å². The van der Waals surface area contributed by atoms with E-state index in [1.807, 2.05) is 6.07 Å². The lowest BCUT2D eigenvalue weighted by atomic mass is 9.99. The van der Waals surface area contributed by atoms with Gasteiger partial charge in [0.2, 0.25) is 11.8 Å². The first-order chi connectivity index (χ1) is 8.63. The van der Waals surface area contributed by atoms with Crippen LogP contribution in [-0.2, 0) is 9.59 Å². The maximum Gasteiger partial charge on any atom is 0.224 e. The van der Waals surface area contributed by atoms with Gasteiger partial charge in [0.25, 0.3) is 0 Å². The first kappa shape index (κ1) is 12.6. The fraction of sp³-hybridized carbons (Fsp3) is 0.385. The number of carbonyl (C=O) groups is 2. The molecule has 1 heterocycles. The lowest BCUT2D eigenvalue weighted by Crippen LogP contribution is -2.43. The fourth-order valence-electron chi connectivity index (χ4n) is 1.84. The van der Waals surface area contributed by atoms with Gasteiger partial charge >= 0.3 is 0 Å². The van der Waals surface area contributed by atoms with E-state index in [0.717, 1.165) is 13.1 Å². The molecule has 5 nitrogen and oxygen atoms in total. The Kier molecular flexibility index (Phi) is 3.94. The largest absolute Gasteiger partial charge is 0.326 e. The van der Waals surface area contributed by atoms with Gasteiger partial charge in [-0.15, -0.1) is 0 Å². The van der Waals surface area contributed by atoms with Crippen molar-refractivity contribution >= 4 is 23.2 Å². The van der Waals surface area contributed by atoms with Crippen LogP contribution in [0.15, 0.2) is 24.3 Å². The summed E-state index contributed by atoms with van der Waals surface area (Å²) in [5, 5.41) is 8.65. The number of benzene rings is 1. The minimum atomic E-state index is -0.126. The lowest BCUT2D eigenvalue weighted by Gasteiger charge is -2.26. The second-order valence-corrected chi connectivity index (χ2v) is 4.54. The highest BCUT2D eigenvalue weighted by Gasteiger charge is 2.19. The maximum atomic E-state index is 11.7. The van der Waals surface area contributed by atoms with Crippen LogP contribution >= 0.6 is 0 Å². The molecule has 5 heteroatoms. The molecule has 0 spiro atoms. The van der Waals surface area contributed by atoms with Crippen LogP contribution in [-0.4, -0.2) is 24.9 Å². The van der Waals surface area contributed by atoms with Crippen LogP contribution in [0.4, 0.5) is 11.4 Å². The number of hydrogen-bond donors (Lipinski definition) is 3. The molecule has 1 fully saturated rings. The van der Waals surface area contributed by atoms with E-state index in [4.69, 9.17) is 0 Å². The Morgan fingerprint density at radius 2 is 1.94 bits per heavy atom. The van der Waals surface area contributed by atoms with Gasteiger partial charge in [-0.1, -0.05) is 6.07 Å². The standard InChI is InChI=1S/C13H17N3O2/c1-9(17)15-11-3-2-4-12(6-11)16-13(18)5-10-7-14-8-10/h2-4,6,10,14H,5,7-8H2,1H3,(H,15,17)(H,16,18). The Balaban J connectivity index is 1.91. The molecule has 1 aromatic rings. The van der Waals surface area contributed by atoms with E-state index < -0.39 is 0 Å². The Morgan fingerprint density at radius 1 is 1.28 bits per heavy atom. The second-order valence-electron chi connectivity index (χ2n) is 4.54. The van der Waals surface area contributed by atoms with Crippen molar-refractivity contribution in [1.82, 2.24) is 5.32 Å². The molecule has 0 aromatic heterocycles. The van der Waals surface area contributed by atoms with Crippen LogP contribution in [0.25, 0.3) is 0 Å². The number of rotatable bonds is 4. The molecule has 1 aliphatic rings. The minimum Gasteiger partial charge on any atom is -0.326 e. The first-order valence-corrected chi connectivity index (χ1v) is 6.02. The zero-order valence-electron chi connectivity index (χ0n) is 10.3. The average Bonchev–Trinajstić information content (AvgIpc) is 2.23. The van der Waals surface area contributed by atoms with E-state index >= 15 is 0 Å². The van der Waals surface area contributed by atoms with Crippen LogP contribution in [0.1, 0.15) is 13.3 Å². The fourth-order valence-corrected chi connectivity index (χ4v) is 1.84. The molecule has 0 bridgehead atoms. The van der Waals surface area contributed by atoms with E-state index in [9.17, 15) is 9.59 Å². The molecular weight excluding hydrogens is 230 g/mol. The Bertz CT molecular complexity index is 455. The highest BCUT2D eigenvalue weighted by molar-refractivity contribution is 5.93. The van der Waals surface area contributed by atoms with Crippen LogP contribution < -0.4 is 16.0 Å². The van der Waals surface area contributed by atoms with Gasteiger partial charge < -0.3 is 16.0 Å². The third kappa shape index (κ3) is 3.56. The summed E-state index contributed by atoms with van der Waals surface area (Å²) in [7, 11) is 0. The van der Waals surface area contributed by atoms with Crippen molar-refractivity contribution in [3.63, 3.8) is 0 Å². The molecule has 3 N–H and O–H groups in total. The molecule has 0 unspecified atom stereocenters. The normalized spacial score (nSPS) is 14.7. The van der Waals surface area contributed by atoms with Crippen LogP contribution in [0.5, 0.6) is 0 Å². The van der Waals surface area contributed by atoms with Crippen molar-refractivity contribution in [2.45, 2.75) is 13.3 Å². The van der Waals surface area contributed by atoms with Crippen molar-refractivity contribution in [2.75, 3.05) is 23.7 Å². The summed E-state index contributed by atoms with van der Waals surface area (Å²) in [6.45, 7) is 3.29. The zero-order chi connectivity index (χ0) is 13.0. The first-order valence-electron chi connectivity index (χ1n) is 6.02. The van der Waals surface area contributed by atoms with Gasteiger partial charge in [-0.3, -0.25) is 9.59 Å². The van der Waals surface area contributed by atoms with Crippen molar-refractivity contribution in [2.24, 2.45) is 5.92 Å². The Morgan fingerprint density at radius 3 is 2.50 bits per heavy atom. The van der Waals surface area contributed by atoms with E-state index in [-0.39, 0.29) is 11.8 Å². The predicted octanol–water partition coefficient (Wildman–Crippen LogP) is 1.19. The molecule has 18 heavy (non-hydrogen) atoms. The molecule has 1 saturated heterocycles. The molecule has 0 radical (unpaired) electrons. The average molecular weight is 247 g/mol. The third-order valence-electron chi connectivity index (χ3n) is 2.81. The van der Waals surface area contributed by atoms with E-state index in [0.29, 0.717) is 23.7 Å². The Labute approximate surface area is 106 Å². The van der Waals surface area contributed by atoms with Gasteiger partial charge in [-0.05, 0) is 37.2 Å². The lowest BCUT2D eigenvalue weighted by molar-refractivity contribution is -0.117. The molecular formula is C13H17N3O2. The highest BCUT2D eigenvalue weighted by Crippen LogP contribution is 2.16. The van der Waals surface area contributed by atoms with Crippen LogP contribution in [0.3, 0.4) is 0 Å². The van der Waals surface area contributed by atoms with Gasteiger partial charge in [0.05, 0.1) is 0 Å². The summed E-state index contributed by atoms with van der Waals surface area (Å²) in [6, 6.07) is 7.14. The van der Waals surface area contributed by atoms with E-state index in [1.165, 1.54) is 6.92 Å². The monoisotopic (exact) mass is 247 g/mol. The third-order valence-corrected chi connectivity index (χ3v) is 2.81. The van der Waals surface area contributed by atoms with Crippen LogP contribution in [0, 0.1) is 5.92 Å². The summed E-state index contributed by atoms with van der Waals surface area (Å²) >= 11 is 0. The van der Waals surface area contributed by atoms with Crippen molar-refractivity contribution in [3.8, 4) is 0 Å². The molecule has 0 saturated carbocycles. The Hall–Kier alpha value is -1.88. The number of nitrogens with one attached hydrogen (secondary N) is 3. The van der Waals surface area contributed by atoms with Crippen molar-refractivity contribution in [3.05, 3.63) is 24.3 Å². The van der Waals surface area contributed by atoms with E-state index in [1.54, 1.807) is 18.2 Å². The smallest absolute Gasteiger partial charge is 0.224 e. The number of hydrogen-bond acceptors (Lipinski definition) is 3. The molecule has 1 aromatic carbocycles. The van der Waals surface area contributed by atoms with Gasteiger partial charge in [-0.2, -0.15) is 0 Å². The molecule has 0 atom stereocenters. The second kappa shape index (κ2) is 5.64. The van der Waals surface area contributed by atoms with Crippen molar-refractivity contribution < 1.29 is 9.59 Å². The molecule has 96 valence electrons. The molecule has 1 aliphatic heterocycles. The van der Waals surface area contributed by atoms with Crippen LogP contribution in [0.2, 0.25) is 0 Å². The van der Waals surface area contributed by atoms with Gasteiger partial charge in [0.15, 0.2) is 0 Å². The molecule has 2 amide bonds. The van der Waals surface area contributed by atoms with E-state index in [2.05, 4.69) is 16.0 Å². The maximum absolute atomic E-state index is 11.7. The van der Waals surface area contributed by atoms with Gasteiger partial charge in [-0.25, -0.2) is 0 Å². The topological polar surface area (TPSA) is 70.2 Å². The summed E-state index contributed by atoms with van der Waals surface area (Å²) in [4.78, 5) is 22.7. The predicted molar refractivity (Wildman–Crippen MR) is 70.4 cm³/mol. The summed E-state index contributed by atoms with van der Waals surface area (Å²) in [6.07, 6.45) is 0.539. The summed E-state index contributed by atoms with van der Waals surface area (Å²) in [5.41, 5.74) is 1.39. The molecule has 0 aliphatic carbocycles. The number of anilines is 2. The quantitative estimate of drug-likeness (QED) is 0.748. The van der Waals surface area contributed by atoms with Crippen molar-refractivity contribution in [1.29, 1.82) is 0 Å². The summed E-state index contributed by atoms with van der Waals surface area (Å²) in [5.74, 6) is 0.337. The number of carbonyl (C=O) groups excluding carboxylic acids is 2. The highest BCUT2D eigenvalue weighted by atomic mass is 16.2.